The minimum atomic E-state index is -0.676. The third-order valence-electron chi connectivity index (χ3n) is 4.34. The van der Waals surface area contributed by atoms with Gasteiger partial charge < -0.3 is 10.2 Å². The number of fused-ring (bicyclic) bond motifs is 1. The molecule has 2 aliphatic heterocycles. The lowest BCUT2D eigenvalue weighted by Gasteiger charge is -2.27. The van der Waals surface area contributed by atoms with E-state index in [4.69, 9.17) is 0 Å². The van der Waals surface area contributed by atoms with Gasteiger partial charge in [-0.15, -0.1) is 0 Å². The molecule has 0 radical (unpaired) electrons. The summed E-state index contributed by atoms with van der Waals surface area (Å²) in [4.78, 5) is 31.8. The van der Waals surface area contributed by atoms with E-state index in [1.54, 1.807) is 4.90 Å². The molecule has 126 valence electrons. The molecule has 0 saturated heterocycles. The Hall–Kier alpha value is -2.60. The van der Waals surface area contributed by atoms with E-state index in [9.17, 15) is 9.59 Å². The summed E-state index contributed by atoms with van der Waals surface area (Å²) in [6, 6.07) is 16.3. The van der Waals surface area contributed by atoms with Gasteiger partial charge in [0.05, 0.1) is 6.54 Å². The maximum absolute atomic E-state index is 13.0. The van der Waals surface area contributed by atoms with Crippen LogP contribution in [0.2, 0.25) is 0 Å². The van der Waals surface area contributed by atoms with Crippen molar-refractivity contribution in [2.24, 2.45) is 4.99 Å². The summed E-state index contributed by atoms with van der Waals surface area (Å²) in [6.07, 6.45) is 0. The lowest BCUT2D eigenvalue weighted by atomic mass is 10.0. The number of amides is 2. The summed E-state index contributed by atoms with van der Waals surface area (Å²) in [7, 11) is 0. The highest BCUT2D eigenvalue weighted by atomic mass is 32.2. The minimum absolute atomic E-state index is 0.111. The lowest BCUT2D eigenvalue weighted by Crippen LogP contribution is -2.42. The fourth-order valence-corrected chi connectivity index (χ4v) is 3.91. The number of amidine groups is 1. The van der Waals surface area contributed by atoms with E-state index in [2.05, 4.69) is 10.3 Å². The second kappa shape index (κ2) is 6.72. The van der Waals surface area contributed by atoms with Gasteiger partial charge in [0.25, 0.3) is 11.8 Å². The van der Waals surface area contributed by atoms with Gasteiger partial charge in [0.2, 0.25) is 0 Å². The number of hydrogen-bond donors (Lipinski definition) is 1. The van der Waals surface area contributed by atoms with Crippen LogP contribution in [0, 0.1) is 0 Å². The molecule has 0 aromatic heterocycles. The largest absolute Gasteiger partial charge is 0.318 e. The van der Waals surface area contributed by atoms with Gasteiger partial charge in [-0.05, 0) is 17.2 Å². The normalized spacial score (nSPS) is 17.2. The van der Waals surface area contributed by atoms with Crippen LogP contribution in [0.25, 0.3) is 0 Å². The number of nitrogens with zero attached hydrogens (tertiary/aromatic N) is 2. The molecule has 2 aromatic carbocycles. The van der Waals surface area contributed by atoms with Gasteiger partial charge in [-0.3, -0.25) is 14.6 Å². The van der Waals surface area contributed by atoms with E-state index in [0.29, 0.717) is 23.8 Å². The van der Waals surface area contributed by atoms with Gasteiger partial charge in [-0.2, -0.15) is 0 Å². The topological polar surface area (TPSA) is 61.8 Å². The molecule has 2 aromatic rings. The average molecular weight is 351 g/mol. The summed E-state index contributed by atoms with van der Waals surface area (Å²) >= 11 is 1.53. The number of carbonyl (C=O) groups excluding carboxylic acids is 2. The molecular weight excluding hydrogens is 334 g/mol. The van der Waals surface area contributed by atoms with E-state index in [0.717, 1.165) is 16.9 Å². The summed E-state index contributed by atoms with van der Waals surface area (Å²) in [5, 5.41) is 3.52. The number of rotatable bonds is 3. The highest BCUT2D eigenvalue weighted by Gasteiger charge is 2.37. The van der Waals surface area contributed by atoms with Gasteiger partial charge in [0.1, 0.15) is 6.04 Å². The van der Waals surface area contributed by atoms with Crippen molar-refractivity contribution in [3.8, 4) is 0 Å². The first kappa shape index (κ1) is 15.9. The van der Waals surface area contributed by atoms with Crippen molar-refractivity contribution in [2.45, 2.75) is 12.6 Å². The van der Waals surface area contributed by atoms with Crippen molar-refractivity contribution in [3.05, 3.63) is 71.3 Å². The molecule has 4 rings (SSSR count). The van der Waals surface area contributed by atoms with Crippen LogP contribution >= 0.6 is 11.8 Å². The molecule has 6 heteroatoms. The first-order valence-electron chi connectivity index (χ1n) is 8.16. The Labute approximate surface area is 150 Å². The van der Waals surface area contributed by atoms with Crippen molar-refractivity contribution in [1.82, 2.24) is 10.2 Å². The zero-order valence-electron chi connectivity index (χ0n) is 13.5. The standard InChI is InChI=1S/C19H17N3O2S/c23-17(21-19-20-10-11-25-19)16(13-6-2-1-3-7-13)22-12-14-8-4-5-9-15(14)18(22)24/h1-9,16H,10-12H2,(H,20,21,23). The van der Waals surface area contributed by atoms with E-state index in [1.807, 2.05) is 54.6 Å². The summed E-state index contributed by atoms with van der Waals surface area (Å²) in [5.74, 6) is 0.542. The van der Waals surface area contributed by atoms with Crippen LogP contribution in [-0.4, -0.2) is 34.2 Å². The molecule has 2 aliphatic rings. The molecule has 0 aliphatic carbocycles. The molecule has 1 N–H and O–H groups in total. The van der Waals surface area contributed by atoms with Crippen LogP contribution < -0.4 is 5.32 Å². The van der Waals surface area contributed by atoms with Crippen LogP contribution in [0.1, 0.15) is 27.5 Å². The Kier molecular flexibility index (Phi) is 4.28. The van der Waals surface area contributed by atoms with E-state index in [1.165, 1.54) is 11.8 Å². The smallest absolute Gasteiger partial charge is 0.255 e. The molecule has 2 heterocycles. The maximum atomic E-state index is 13.0. The first-order valence-corrected chi connectivity index (χ1v) is 9.14. The van der Waals surface area contributed by atoms with Gasteiger partial charge >= 0.3 is 0 Å². The molecule has 0 saturated carbocycles. The van der Waals surface area contributed by atoms with Crippen LogP contribution in [-0.2, 0) is 11.3 Å². The number of hydrogen-bond acceptors (Lipinski definition) is 4. The Morgan fingerprint density at radius 2 is 1.88 bits per heavy atom. The fourth-order valence-electron chi connectivity index (χ4n) is 3.18. The van der Waals surface area contributed by atoms with Crippen LogP contribution in [0.15, 0.2) is 59.6 Å². The van der Waals surface area contributed by atoms with Gasteiger partial charge in [0, 0.05) is 17.9 Å². The predicted molar refractivity (Wildman–Crippen MR) is 98.4 cm³/mol. The van der Waals surface area contributed by atoms with Gasteiger partial charge in [-0.25, -0.2) is 0 Å². The van der Waals surface area contributed by atoms with Crippen molar-refractivity contribution in [2.75, 3.05) is 12.3 Å². The van der Waals surface area contributed by atoms with E-state index in [-0.39, 0.29) is 11.8 Å². The third-order valence-corrected chi connectivity index (χ3v) is 5.23. The second-order valence-corrected chi connectivity index (χ2v) is 7.01. The second-order valence-electron chi connectivity index (χ2n) is 5.93. The summed E-state index contributed by atoms with van der Waals surface area (Å²) in [6.45, 7) is 1.14. The molecule has 1 unspecified atom stereocenters. The van der Waals surface area contributed by atoms with Crippen LogP contribution in [0.4, 0.5) is 0 Å². The number of carbonyl (C=O) groups is 2. The maximum Gasteiger partial charge on any atom is 0.255 e. The Balaban J connectivity index is 1.67. The molecule has 0 spiro atoms. The lowest BCUT2D eigenvalue weighted by molar-refractivity contribution is -0.124. The van der Waals surface area contributed by atoms with Gasteiger partial charge in [0.15, 0.2) is 5.17 Å². The molecular formula is C19H17N3O2S. The van der Waals surface area contributed by atoms with Crippen LogP contribution in [0.5, 0.6) is 0 Å². The Morgan fingerprint density at radius 3 is 2.60 bits per heavy atom. The molecule has 25 heavy (non-hydrogen) atoms. The van der Waals surface area contributed by atoms with E-state index < -0.39 is 6.04 Å². The predicted octanol–water partition coefficient (Wildman–Crippen LogP) is 2.60. The monoisotopic (exact) mass is 351 g/mol. The zero-order valence-corrected chi connectivity index (χ0v) is 14.3. The van der Waals surface area contributed by atoms with Gasteiger partial charge in [-0.1, -0.05) is 60.3 Å². The molecule has 1 atom stereocenters. The average Bonchev–Trinajstić information content (AvgIpc) is 3.25. The molecule has 0 bridgehead atoms. The zero-order chi connectivity index (χ0) is 17.2. The molecule has 2 amide bonds. The third kappa shape index (κ3) is 3.05. The number of benzene rings is 2. The SMILES string of the molecule is O=C(NC1=NCCS1)C(c1ccccc1)N1Cc2ccccc2C1=O. The van der Waals surface area contributed by atoms with Crippen LogP contribution in [0.3, 0.4) is 0 Å². The first-order chi connectivity index (χ1) is 12.2. The molecule has 5 nitrogen and oxygen atoms in total. The van der Waals surface area contributed by atoms with Crippen molar-refractivity contribution >= 4 is 28.7 Å². The highest BCUT2D eigenvalue weighted by molar-refractivity contribution is 8.14. The quantitative estimate of drug-likeness (QED) is 0.925. The number of aliphatic imine (C=N–C) groups is 1. The number of nitrogens with one attached hydrogen (secondary N) is 1. The van der Waals surface area contributed by atoms with E-state index >= 15 is 0 Å². The number of thioether (sulfide) groups is 1. The van der Waals surface area contributed by atoms with Crippen molar-refractivity contribution in [1.29, 1.82) is 0 Å². The molecule has 0 fully saturated rings. The summed E-state index contributed by atoms with van der Waals surface area (Å²) < 4.78 is 0. The summed E-state index contributed by atoms with van der Waals surface area (Å²) in [5.41, 5.74) is 2.42. The van der Waals surface area contributed by atoms with Crippen molar-refractivity contribution < 1.29 is 9.59 Å². The van der Waals surface area contributed by atoms with Crippen molar-refractivity contribution in [3.63, 3.8) is 0 Å². The highest BCUT2D eigenvalue weighted by Crippen LogP contribution is 2.31. The minimum Gasteiger partial charge on any atom is -0.318 e. The Morgan fingerprint density at radius 1 is 1.12 bits per heavy atom. The fraction of sp³-hybridized carbons (Fsp3) is 0.211. The Bertz CT molecular complexity index is 851.